The third-order valence-corrected chi connectivity index (χ3v) is 10.1. The van der Waals surface area contributed by atoms with E-state index >= 15 is 0 Å². The molecule has 2 N–H and O–H groups in total. The first-order valence-electron chi connectivity index (χ1n) is 20.6. The van der Waals surface area contributed by atoms with Crippen molar-refractivity contribution in [1.82, 2.24) is 0 Å². The third kappa shape index (κ3) is 34.1. The molecule has 0 aromatic rings. The van der Waals surface area contributed by atoms with Crippen LogP contribution in [0.4, 0.5) is 0 Å². The number of allylic oxidation sites excluding steroid dienone is 1. The monoisotopic (exact) mass is 618 g/mol. The van der Waals surface area contributed by atoms with E-state index in [0.717, 1.165) is 17.9 Å². The van der Waals surface area contributed by atoms with Crippen molar-refractivity contribution < 1.29 is 4.79 Å². The number of hydrogen-bond donors (Lipinski definition) is 1. The van der Waals surface area contributed by atoms with E-state index in [-0.39, 0.29) is 5.91 Å². The van der Waals surface area contributed by atoms with Crippen LogP contribution in [0.5, 0.6) is 0 Å². The van der Waals surface area contributed by atoms with E-state index in [2.05, 4.69) is 19.9 Å². The molecule has 0 aromatic carbocycles. The smallest absolute Gasteiger partial charge is 0.244 e. The summed E-state index contributed by atoms with van der Waals surface area (Å²) in [5.74, 6) is 0.469. The van der Waals surface area contributed by atoms with Crippen molar-refractivity contribution in [3.05, 3.63) is 11.6 Å². The standard InChI is InChI=1S/C42H83NO/c1-4-6-8-10-12-14-16-18-20-22-24-26-28-30-32-34-36-41(39-38-40(3)42(43)44)37-35-33-31-29-27-25-23-21-19-17-15-13-11-9-7-5-2/h38,41H,4-37,39H2,1-3H3,(H2,43,44)/b40-38+. The van der Waals surface area contributed by atoms with Gasteiger partial charge in [0.2, 0.25) is 5.91 Å². The number of primary amides is 1. The molecule has 0 radical (unpaired) electrons. The second-order valence-corrected chi connectivity index (χ2v) is 14.5. The van der Waals surface area contributed by atoms with Crippen LogP contribution < -0.4 is 5.73 Å². The van der Waals surface area contributed by atoms with Gasteiger partial charge >= 0.3 is 0 Å². The maximum Gasteiger partial charge on any atom is 0.244 e. The average Bonchev–Trinajstić information content (AvgIpc) is 3.02. The van der Waals surface area contributed by atoms with Crippen molar-refractivity contribution in [3.63, 3.8) is 0 Å². The molecule has 2 nitrogen and oxygen atoms in total. The highest BCUT2D eigenvalue weighted by Gasteiger charge is 2.09. The Balaban J connectivity index is 3.75. The average molecular weight is 618 g/mol. The molecule has 0 spiro atoms. The van der Waals surface area contributed by atoms with Gasteiger partial charge in [0.25, 0.3) is 0 Å². The molecule has 0 aliphatic carbocycles. The van der Waals surface area contributed by atoms with Crippen LogP contribution >= 0.6 is 0 Å². The van der Waals surface area contributed by atoms with E-state index < -0.39 is 0 Å². The summed E-state index contributed by atoms with van der Waals surface area (Å²) in [4.78, 5) is 11.5. The number of carbonyl (C=O) groups is 1. The molecule has 0 unspecified atom stereocenters. The van der Waals surface area contributed by atoms with Crippen molar-refractivity contribution in [2.45, 2.75) is 245 Å². The zero-order chi connectivity index (χ0) is 32.2. The molecular formula is C42H83NO. The summed E-state index contributed by atoms with van der Waals surface area (Å²) in [6.07, 6.45) is 51.5. The lowest BCUT2D eigenvalue weighted by Gasteiger charge is -2.15. The fourth-order valence-electron chi connectivity index (χ4n) is 6.79. The highest BCUT2D eigenvalue weighted by atomic mass is 16.1. The molecule has 2 heteroatoms. The van der Waals surface area contributed by atoms with Crippen molar-refractivity contribution in [3.8, 4) is 0 Å². The SMILES string of the molecule is CCCCCCCCCCCCCCCCCCC(C/C=C(\C)C(N)=O)CCCCCCCCCCCCCCCCCC. The molecule has 0 saturated carbocycles. The van der Waals surface area contributed by atoms with Crippen molar-refractivity contribution in [2.24, 2.45) is 11.7 Å². The van der Waals surface area contributed by atoms with Gasteiger partial charge in [-0.15, -0.1) is 0 Å². The van der Waals surface area contributed by atoms with E-state index in [0.29, 0.717) is 0 Å². The van der Waals surface area contributed by atoms with Crippen LogP contribution in [0.25, 0.3) is 0 Å². The molecule has 44 heavy (non-hydrogen) atoms. The number of nitrogens with two attached hydrogens (primary N) is 1. The zero-order valence-corrected chi connectivity index (χ0v) is 30.9. The van der Waals surface area contributed by atoms with Gasteiger partial charge in [-0.05, 0) is 19.3 Å². The summed E-state index contributed by atoms with van der Waals surface area (Å²) >= 11 is 0. The van der Waals surface area contributed by atoms with Crippen LogP contribution in [0.2, 0.25) is 0 Å². The van der Waals surface area contributed by atoms with Crippen molar-refractivity contribution in [1.29, 1.82) is 0 Å². The van der Waals surface area contributed by atoms with Gasteiger partial charge in [0.05, 0.1) is 0 Å². The molecule has 0 aliphatic rings. The molecule has 0 atom stereocenters. The first-order valence-corrected chi connectivity index (χ1v) is 20.6. The van der Waals surface area contributed by atoms with E-state index in [1.54, 1.807) is 0 Å². The second-order valence-electron chi connectivity index (χ2n) is 14.5. The minimum atomic E-state index is -0.256. The summed E-state index contributed by atoms with van der Waals surface area (Å²) in [6, 6.07) is 0. The minimum Gasteiger partial charge on any atom is -0.366 e. The first-order chi connectivity index (χ1) is 21.6. The molecule has 0 heterocycles. The predicted molar refractivity (Wildman–Crippen MR) is 199 cm³/mol. The molecule has 1 amide bonds. The Labute approximate surface area is 279 Å². The highest BCUT2D eigenvalue weighted by Crippen LogP contribution is 2.24. The van der Waals surface area contributed by atoms with Gasteiger partial charge in [-0.25, -0.2) is 0 Å². The van der Waals surface area contributed by atoms with Gasteiger partial charge in [-0.3, -0.25) is 4.79 Å². The van der Waals surface area contributed by atoms with E-state index in [9.17, 15) is 4.79 Å². The summed E-state index contributed by atoms with van der Waals surface area (Å²) < 4.78 is 0. The van der Waals surface area contributed by atoms with Gasteiger partial charge in [-0.2, -0.15) is 0 Å². The Morgan fingerprint density at radius 1 is 0.432 bits per heavy atom. The summed E-state index contributed by atoms with van der Waals surface area (Å²) in [5.41, 5.74) is 6.24. The fraction of sp³-hybridized carbons (Fsp3) is 0.929. The maximum absolute atomic E-state index is 11.5. The van der Waals surface area contributed by atoms with Crippen LogP contribution in [0.3, 0.4) is 0 Å². The number of carbonyl (C=O) groups excluding carboxylic acids is 1. The van der Waals surface area contributed by atoms with Crippen LogP contribution in [0.1, 0.15) is 245 Å². The number of rotatable bonds is 37. The van der Waals surface area contributed by atoms with Crippen LogP contribution in [-0.4, -0.2) is 5.91 Å². The van der Waals surface area contributed by atoms with Crippen LogP contribution in [0, 0.1) is 5.92 Å². The molecule has 0 aliphatic heterocycles. The topological polar surface area (TPSA) is 43.1 Å². The van der Waals surface area contributed by atoms with Gasteiger partial charge in [0, 0.05) is 5.57 Å². The third-order valence-electron chi connectivity index (χ3n) is 10.1. The Morgan fingerprint density at radius 2 is 0.659 bits per heavy atom. The zero-order valence-electron chi connectivity index (χ0n) is 30.9. The van der Waals surface area contributed by atoms with E-state index in [4.69, 9.17) is 5.73 Å². The summed E-state index contributed by atoms with van der Waals surface area (Å²) in [6.45, 7) is 6.48. The Kier molecular flexibility index (Phi) is 36.0. The van der Waals surface area contributed by atoms with Crippen molar-refractivity contribution in [2.75, 3.05) is 0 Å². The number of unbranched alkanes of at least 4 members (excludes halogenated alkanes) is 30. The predicted octanol–water partition coefficient (Wildman–Crippen LogP) is 14.7. The fourth-order valence-corrected chi connectivity index (χ4v) is 6.79. The van der Waals surface area contributed by atoms with Crippen molar-refractivity contribution >= 4 is 5.91 Å². The Hall–Kier alpha value is -0.790. The Morgan fingerprint density at radius 3 is 0.886 bits per heavy atom. The number of hydrogen-bond acceptors (Lipinski definition) is 1. The maximum atomic E-state index is 11.5. The molecule has 0 bridgehead atoms. The molecule has 0 fully saturated rings. The normalized spacial score (nSPS) is 12.0. The second kappa shape index (κ2) is 36.7. The molecule has 0 rings (SSSR count). The Bertz CT molecular complexity index is 561. The lowest BCUT2D eigenvalue weighted by atomic mass is 9.90. The molecule has 0 saturated heterocycles. The first kappa shape index (κ1) is 43.2. The van der Waals surface area contributed by atoms with Gasteiger partial charge in [0.15, 0.2) is 0 Å². The number of amides is 1. The van der Waals surface area contributed by atoms with Gasteiger partial charge < -0.3 is 5.73 Å². The van der Waals surface area contributed by atoms with Crippen LogP contribution in [-0.2, 0) is 4.79 Å². The lowest BCUT2D eigenvalue weighted by Crippen LogP contribution is -2.12. The van der Waals surface area contributed by atoms with E-state index in [1.165, 1.54) is 218 Å². The van der Waals surface area contributed by atoms with Gasteiger partial charge in [-0.1, -0.05) is 238 Å². The minimum absolute atomic E-state index is 0.256. The summed E-state index contributed by atoms with van der Waals surface area (Å²) in [5, 5.41) is 0. The largest absolute Gasteiger partial charge is 0.366 e. The molecular weight excluding hydrogens is 534 g/mol. The van der Waals surface area contributed by atoms with E-state index in [1.807, 2.05) is 6.92 Å². The quantitative estimate of drug-likeness (QED) is 0.0547. The highest BCUT2D eigenvalue weighted by molar-refractivity contribution is 5.91. The summed E-state index contributed by atoms with van der Waals surface area (Å²) in [7, 11) is 0. The molecule has 0 aromatic heterocycles. The molecule has 262 valence electrons. The lowest BCUT2D eigenvalue weighted by molar-refractivity contribution is -0.114. The van der Waals surface area contributed by atoms with Crippen LogP contribution in [0.15, 0.2) is 11.6 Å². The van der Waals surface area contributed by atoms with Gasteiger partial charge in [0.1, 0.15) is 0 Å².